The molecule has 7 heavy (non-hydrogen) atoms. The minimum atomic E-state index is -0.337. The Hall–Kier alpha value is -0.110. The molecular formula is C5H9FO. The molecule has 0 heterocycles. The first-order valence-corrected chi connectivity index (χ1v) is 2.61. The van der Waals surface area contributed by atoms with Crippen molar-refractivity contribution in [3.05, 3.63) is 0 Å². The smallest absolute Gasteiger partial charge is 0.113 e. The first-order valence-electron chi connectivity index (χ1n) is 2.61. The van der Waals surface area contributed by atoms with Gasteiger partial charge in [-0.1, -0.05) is 0 Å². The van der Waals surface area contributed by atoms with Crippen LogP contribution >= 0.6 is 0 Å². The lowest BCUT2D eigenvalue weighted by atomic mass is 10.7. The van der Waals surface area contributed by atoms with Gasteiger partial charge in [-0.15, -0.1) is 0 Å². The molecule has 0 aromatic heterocycles. The fraction of sp³-hybridized carbons (Fsp3) is 1.00. The van der Waals surface area contributed by atoms with E-state index in [0.29, 0.717) is 12.7 Å². The van der Waals surface area contributed by atoms with Crippen LogP contribution in [0.3, 0.4) is 0 Å². The summed E-state index contributed by atoms with van der Waals surface area (Å²) in [4.78, 5) is 0. The normalized spacial score (nSPS) is 20.1. The van der Waals surface area contributed by atoms with Crippen molar-refractivity contribution in [2.24, 2.45) is 0 Å². The number of hydrogen-bond acceptors (Lipinski definition) is 1. The van der Waals surface area contributed by atoms with E-state index >= 15 is 0 Å². The fourth-order valence-electron chi connectivity index (χ4n) is 0.446. The van der Waals surface area contributed by atoms with Crippen molar-refractivity contribution in [3.63, 3.8) is 0 Å². The maximum atomic E-state index is 11.3. The zero-order chi connectivity index (χ0) is 5.11. The van der Waals surface area contributed by atoms with E-state index in [4.69, 9.17) is 4.74 Å². The van der Waals surface area contributed by atoms with Crippen LogP contribution < -0.4 is 0 Å². The van der Waals surface area contributed by atoms with Gasteiger partial charge in [0.15, 0.2) is 0 Å². The highest BCUT2D eigenvalue weighted by molar-refractivity contribution is 4.72. The maximum Gasteiger partial charge on any atom is 0.113 e. The summed E-state index contributed by atoms with van der Waals surface area (Å²) in [5.74, 6) is 0. The molecule has 0 bridgehead atoms. The van der Waals surface area contributed by atoms with Crippen LogP contribution in [-0.4, -0.2) is 19.4 Å². The van der Waals surface area contributed by atoms with E-state index < -0.39 is 0 Å². The second kappa shape index (κ2) is 2.26. The van der Waals surface area contributed by atoms with Crippen LogP contribution in [0.25, 0.3) is 0 Å². The van der Waals surface area contributed by atoms with E-state index in [2.05, 4.69) is 0 Å². The SMILES string of the molecule is FCCOC1CC1. The Labute approximate surface area is 42.5 Å². The van der Waals surface area contributed by atoms with E-state index in [1.807, 2.05) is 0 Å². The number of alkyl halides is 1. The lowest BCUT2D eigenvalue weighted by Gasteiger charge is -1.92. The summed E-state index contributed by atoms with van der Waals surface area (Å²) in [6.45, 7) is -0.0405. The fourth-order valence-corrected chi connectivity index (χ4v) is 0.446. The zero-order valence-electron chi connectivity index (χ0n) is 4.19. The van der Waals surface area contributed by atoms with Gasteiger partial charge in [-0.05, 0) is 12.8 Å². The molecule has 0 radical (unpaired) electrons. The largest absolute Gasteiger partial charge is 0.376 e. The third kappa shape index (κ3) is 1.88. The molecule has 1 rings (SSSR count). The lowest BCUT2D eigenvalue weighted by molar-refractivity contribution is 0.105. The lowest BCUT2D eigenvalue weighted by Crippen LogP contribution is -1.96. The highest BCUT2D eigenvalue weighted by Crippen LogP contribution is 2.22. The van der Waals surface area contributed by atoms with E-state index in [0.717, 1.165) is 12.8 Å². The minimum absolute atomic E-state index is 0.296. The van der Waals surface area contributed by atoms with Gasteiger partial charge >= 0.3 is 0 Å². The van der Waals surface area contributed by atoms with Gasteiger partial charge in [0.2, 0.25) is 0 Å². The summed E-state index contributed by atoms with van der Waals surface area (Å²) in [7, 11) is 0. The average Bonchev–Trinajstić information content (AvgIpc) is 2.42. The Morgan fingerprint density at radius 2 is 2.29 bits per heavy atom. The molecule has 0 unspecified atom stereocenters. The van der Waals surface area contributed by atoms with Crippen molar-refractivity contribution >= 4 is 0 Å². The van der Waals surface area contributed by atoms with Crippen molar-refractivity contribution < 1.29 is 9.13 Å². The Balaban J connectivity index is 1.80. The van der Waals surface area contributed by atoms with Crippen molar-refractivity contribution in [3.8, 4) is 0 Å². The second-order valence-corrected chi connectivity index (χ2v) is 1.76. The molecule has 1 aliphatic carbocycles. The highest BCUT2D eigenvalue weighted by atomic mass is 19.1. The number of ether oxygens (including phenoxy) is 1. The molecule has 1 nitrogen and oxygen atoms in total. The third-order valence-corrected chi connectivity index (χ3v) is 0.955. The minimum Gasteiger partial charge on any atom is -0.376 e. The van der Waals surface area contributed by atoms with Gasteiger partial charge in [0.25, 0.3) is 0 Å². The first-order chi connectivity index (χ1) is 3.43. The zero-order valence-corrected chi connectivity index (χ0v) is 4.19. The van der Waals surface area contributed by atoms with E-state index in [1.54, 1.807) is 0 Å². The molecule has 0 saturated heterocycles. The molecule has 42 valence electrons. The van der Waals surface area contributed by atoms with Crippen molar-refractivity contribution in [1.29, 1.82) is 0 Å². The Kier molecular flexibility index (Phi) is 1.63. The Morgan fingerprint density at radius 1 is 1.57 bits per heavy atom. The van der Waals surface area contributed by atoms with E-state index in [1.165, 1.54) is 0 Å². The number of hydrogen-bond donors (Lipinski definition) is 0. The molecular weight excluding hydrogens is 95.1 g/mol. The highest BCUT2D eigenvalue weighted by Gasteiger charge is 2.21. The third-order valence-electron chi connectivity index (χ3n) is 0.955. The van der Waals surface area contributed by atoms with Crippen LogP contribution in [0.1, 0.15) is 12.8 Å². The predicted molar refractivity (Wildman–Crippen MR) is 24.9 cm³/mol. The van der Waals surface area contributed by atoms with Gasteiger partial charge in [0.05, 0.1) is 12.7 Å². The van der Waals surface area contributed by atoms with Crippen molar-refractivity contribution in [2.45, 2.75) is 18.9 Å². The molecule has 2 heteroatoms. The Bertz CT molecular complexity index is 52.0. The molecule has 0 spiro atoms. The molecule has 0 aromatic rings. The predicted octanol–water partition coefficient (Wildman–Crippen LogP) is 1.13. The molecule has 0 amide bonds. The molecule has 0 aliphatic heterocycles. The van der Waals surface area contributed by atoms with E-state index in [9.17, 15) is 4.39 Å². The molecule has 1 aliphatic rings. The topological polar surface area (TPSA) is 9.23 Å². The van der Waals surface area contributed by atoms with Crippen molar-refractivity contribution in [2.75, 3.05) is 13.3 Å². The Morgan fingerprint density at radius 3 is 2.71 bits per heavy atom. The van der Waals surface area contributed by atoms with Gasteiger partial charge in [0, 0.05) is 0 Å². The van der Waals surface area contributed by atoms with Crippen LogP contribution in [0.5, 0.6) is 0 Å². The molecule has 0 N–H and O–H groups in total. The summed E-state index contributed by atoms with van der Waals surface area (Å²) in [5.41, 5.74) is 0. The van der Waals surface area contributed by atoms with Gasteiger partial charge < -0.3 is 4.74 Å². The maximum absolute atomic E-state index is 11.3. The van der Waals surface area contributed by atoms with Crippen LogP contribution in [0, 0.1) is 0 Å². The van der Waals surface area contributed by atoms with Crippen molar-refractivity contribution in [1.82, 2.24) is 0 Å². The van der Waals surface area contributed by atoms with E-state index in [-0.39, 0.29) is 6.67 Å². The van der Waals surface area contributed by atoms with Crippen LogP contribution in [0.2, 0.25) is 0 Å². The van der Waals surface area contributed by atoms with Gasteiger partial charge in [0.1, 0.15) is 6.67 Å². The monoisotopic (exact) mass is 104 g/mol. The van der Waals surface area contributed by atoms with Crippen LogP contribution in [0.4, 0.5) is 4.39 Å². The quantitative estimate of drug-likeness (QED) is 0.521. The molecule has 1 saturated carbocycles. The summed E-state index contributed by atoms with van der Waals surface area (Å²) in [5, 5.41) is 0. The summed E-state index contributed by atoms with van der Waals surface area (Å²) in [6.07, 6.45) is 2.69. The number of halogens is 1. The first kappa shape index (κ1) is 5.04. The molecule has 0 atom stereocenters. The van der Waals surface area contributed by atoms with Crippen LogP contribution in [-0.2, 0) is 4.74 Å². The van der Waals surface area contributed by atoms with Crippen LogP contribution in [0.15, 0.2) is 0 Å². The summed E-state index contributed by atoms with van der Waals surface area (Å²) in [6, 6.07) is 0. The number of rotatable bonds is 3. The summed E-state index contributed by atoms with van der Waals surface area (Å²) < 4.78 is 16.2. The van der Waals surface area contributed by atoms with Gasteiger partial charge in [-0.2, -0.15) is 0 Å². The molecule has 0 aromatic carbocycles. The molecule has 1 fully saturated rings. The van der Waals surface area contributed by atoms with Gasteiger partial charge in [-0.3, -0.25) is 0 Å². The summed E-state index contributed by atoms with van der Waals surface area (Å²) >= 11 is 0. The standard InChI is InChI=1S/C5H9FO/c6-3-4-7-5-1-2-5/h5H,1-4H2. The average molecular weight is 104 g/mol. The van der Waals surface area contributed by atoms with Gasteiger partial charge in [-0.25, -0.2) is 4.39 Å². The second-order valence-electron chi connectivity index (χ2n) is 1.76.